The number of hydrogen-bond donors (Lipinski definition) is 0. The number of ether oxygens (including phenoxy) is 4. The molecule has 3 saturated heterocycles. The lowest BCUT2D eigenvalue weighted by Gasteiger charge is -2.41. The summed E-state index contributed by atoms with van der Waals surface area (Å²) in [6.45, 7) is 15.5. The number of rotatable bonds is 4. The second kappa shape index (κ2) is 6.94. The van der Waals surface area contributed by atoms with Gasteiger partial charge in [-0.05, 0) is 38.4 Å². The molecule has 26 heavy (non-hydrogen) atoms. The topological polar surface area (TPSA) is 63.2 Å². The average molecular weight is 387 g/mol. The zero-order valence-electron chi connectivity index (χ0n) is 17.2. The van der Waals surface area contributed by atoms with Crippen molar-refractivity contribution in [2.75, 3.05) is 6.61 Å². The summed E-state index contributed by atoms with van der Waals surface area (Å²) >= 11 is 0. The maximum Gasteiger partial charge on any atom is 0.192 e. The first-order valence-electron chi connectivity index (χ1n) is 9.73. The second-order valence-electron chi connectivity index (χ2n) is 9.65. The minimum Gasteiger partial charge on any atom is -0.408 e. The van der Waals surface area contributed by atoms with Gasteiger partial charge in [-0.2, -0.15) is 0 Å². The molecule has 0 aromatic rings. The highest BCUT2D eigenvalue weighted by molar-refractivity contribution is 6.74. The molecule has 5 atom stereocenters. The van der Waals surface area contributed by atoms with Crippen molar-refractivity contribution in [1.29, 1.82) is 0 Å². The predicted molar refractivity (Wildman–Crippen MR) is 99.4 cm³/mol. The zero-order chi connectivity index (χ0) is 19.3. The zero-order valence-corrected chi connectivity index (χ0v) is 18.2. The van der Waals surface area contributed by atoms with Crippen LogP contribution in [0.2, 0.25) is 18.1 Å². The number of fused-ring (bicyclic) bond motifs is 1. The molecule has 3 fully saturated rings. The monoisotopic (exact) mass is 386 g/mol. The van der Waals surface area contributed by atoms with Crippen molar-refractivity contribution in [1.82, 2.24) is 0 Å². The van der Waals surface area contributed by atoms with Crippen LogP contribution >= 0.6 is 0 Å². The van der Waals surface area contributed by atoms with Crippen molar-refractivity contribution in [3.8, 4) is 0 Å². The molecule has 0 bridgehead atoms. The SMILES string of the molecule is CC1(C)O[C@H]2O[C@H](C[C@@H]3OCCCC3=O)[C@H](O[Si](C)(C)C(C)(C)C)[C@H]2O1. The number of ketones is 1. The Morgan fingerprint density at radius 1 is 1.23 bits per heavy atom. The standard InChI is InChI=1S/C19H34O6Si/c1-18(2,3)26(6,7)25-15-14(11-13-12(20)9-8-10-21-13)22-17-16(15)23-19(4,5)24-17/h13-17H,8-11H2,1-7H3/t13-,14+,15-,16+,17+/m0/s1. The largest absolute Gasteiger partial charge is 0.408 e. The Hall–Kier alpha value is -0.313. The highest BCUT2D eigenvalue weighted by Crippen LogP contribution is 2.44. The molecule has 0 radical (unpaired) electrons. The van der Waals surface area contributed by atoms with Gasteiger partial charge in [-0.3, -0.25) is 4.79 Å². The molecule has 0 aromatic carbocycles. The minimum atomic E-state index is -2.04. The van der Waals surface area contributed by atoms with Crippen LogP contribution in [0.15, 0.2) is 0 Å². The smallest absolute Gasteiger partial charge is 0.192 e. The Kier molecular flexibility index (Phi) is 5.45. The molecular formula is C19H34O6Si. The van der Waals surface area contributed by atoms with Crippen LogP contribution in [0.3, 0.4) is 0 Å². The van der Waals surface area contributed by atoms with Crippen LogP contribution in [0.25, 0.3) is 0 Å². The van der Waals surface area contributed by atoms with Gasteiger partial charge in [-0.25, -0.2) is 0 Å². The molecular weight excluding hydrogens is 352 g/mol. The summed E-state index contributed by atoms with van der Waals surface area (Å²) in [5.41, 5.74) is 0. The van der Waals surface area contributed by atoms with Crippen LogP contribution in [0, 0.1) is 0 Å². The lowest BCUT2D eigenvalue weighted by Crippen LogP contribution is -2.50. The normalized spacial score (nSPS) is 37.8. The first kappa shape index (κ1) is 20.4. The highest BCUT2D eigenvalue weighted by Gasteiger charge is 2.57. The van der Waals surface area contributed by atoms with E-state index in [1.165, 1.54) is 0 Å². The molecule has 0 unspecified atom stereocenters. The van der Waals surface area contributed by atoms with Crippen LogP contribution in [0.5, 0.6) is 0 Å². The number of carbonyl (C=O) groups is 1. The summed E-state index contributed by atoms with van der Waals surface area (Å²) in [4.78, 5) is 12.2. The van der Waals surface area contributed by atoms with E-state index in [0.717, 1.165) is 6.42 Å². The fraction of sp³-hybridized carbons (Fsp3) is 0.947. The molecule has 3 heterocycles. The first-order valence-corrected chi connectivity index (χ1v) is 12.6. The van der Waals surface area contributed by atoms with Crippen LogP contribution in [-0.2, 0) is 28.2 Å². The quantitative estimate of drug-likeness (QED) is 0.690. The molecule has 3 aliphatic heterocycles. The van der Waals surface area contributed by atoms with Gasteiger partial charge in [0.2, 0.25) is 0 Å². The molecule has 7 heteroatoms. The predicted octanol–water partition coefficient (Wildman–Crippen LogP) is 3.39. The van der Waals surface area contributed by atoms with E-state index in [0.29, 0.717) is 19.4 Å². The Balaban J connectivity index is 1.78. The molecule has 0 aliphatic carbocycles. The van der Waals surface area contributed by atoms with Crippen molar-refractivity contribution >= 4 is 14.1 Å². The maximum atomic E-state index is 12.2. The Morgan fingerprint density at radius 2 is 1.92 bits per heavy atom. The molecule has 0 amide bonds. The second-order valence-corrected chi connectivity index (χ2v) is 14.4. The van der Waals surface area contributed by atoms with Gasteiger partial charge < -0.3 is 23.4 Å². The van der Waals surface area contributed by atoms with Crippen molar-refractivity contribution in [2.45, 2.75) is 109 Å². The summed E-state index contributed by atoms with van der Waals surface area (Å²) in [6, 6.07) is 0. The lowest BCUT2D eigenvalue weighted by atomic mass is 9.98. The fourth-order valence-corrected chi connectivity index (χ4v) is 4.85. The Labute approximate surface area is 158 Å². The summed E-state index contributed by atoms with van der Waals surface area (Å²) < 4.78 is 30.6. The van der Waals surface area contributed by atoms with Gasteiger partial charge in [-0.15, -0.1) is 0 Å². The van der Waals surface area contributed by atoms with E-state index in [1.807, 2.05) is 13.8 Å². The van der Waals surface area contributed by atoms with Crippen molar-refractivity contribution < 1.29 is 28.2 Å². The van der Waals surface area contributed by atoms with E-state index in [9.17, 15) is 4.79 Å². The van der Waals surface area contributed by atoms with Crippen LogP contribution in [-0.4, -0.2) is 57.2 Å². The minimum absolute atomic E-state index is 0.0712. The molecule has 0 spiro atoms. The average Bonchev–Trinajstić information content (AvgIpc) is 2.93. The molecule has 6 nitrogen and oxygen atoms in total. The van der Waals surface area contributed by atoms with E-state index >= 15 is 0 Å². The molecule has 3 aliphatic rings. The van der Waals surface area contributed by atoms with Crippen molar-refractivity contribution in [2.24, 2.45) is 0 Å². The van der Waals surface area contributed by atoms with Gasteiger partial charge in [0.15, 0.2) is 26.2 Å². The van der Waals surface area contributed by atoms with Gasteiger partial charge in [0.1, 0.15) is 18.3 Å². The van der Waals surface area contributed by atoms with Crippen molar-refractivity contribution in [3.63, 3.8) is 0 Å². The molecule has 3 rings (SSSR count). The molecule has 0 aromatic heterocycles. The van der Waals surface area contributed by atoms with Gasteiger partial charge >= 0.3 is 0 Å². The summed E-state index contributed by atoms with van der Waals surface area (Å²) in [5, 5.41) is 0.0712. The Bertz CT molecular complexity index is 541. The van der Waals surface area contributed by atoms with Crippen LogP contribution in [0.1, 0.15) is 53.9 Å². The van der Waals surface area contributed by atoms with Crippen LogP contribution < -0.4 is 0 Å². The van der Waals surface area contributed by atoms with Gasteiger partial charge in [0.25, 0.3) is 0 Å². The third kappa shape index (κ3) is 4.08. The van der Waals surface area contributed by atoms with E-state index in [4.69, 9.17) is 23.4 Å². The van der Waals surface area contributed by atoms with E-state index in [1.54, 1.807) is 0 Å². The first-order chi connectivity index (χ1) is 11.9. The van der Waals surface area contributed by atoms with E-state index in [-0.39, 0.29) is 29.1 Å². The van der Waals surface area contributed by atoms with Gasteiger partial charge in [0.05, 0.1) is 6.10 Å². The highest BCUT2D eigenvalue weighted by atomic mass is 28.4. The van der Waals surface area contributed by atoms with Crippen molar-refractivity contribution in [3.05, 3.63) is 0 Å². The fourth-order valence-electron chi connectivity index (χ4n) is 3.53. The summed E-state index contributed by atoms with van der Waals surface area (Å²) in [6.07, 6.45) is 0.229. The molecule has 0 saturated carbocycles. The molecule has 150 valence electrons. The van der Waals surface area contributed by atoms with E-state index < -0.39 is 26.5 Å². The third-order valence-electron chi connectivity index (χ3n) is 6.02. The number of carbonyl (C=O) groups excluding carboxylic acids is 1. The Morgan fingerprint density at radius 3 is 2.54 bits per heavy atom. The van der Waals surface area contributed by atoms with Crippen LogP contribution in [0.4, 0.5) is 0 Å². The van der Waals surface area contributed by atoms with E-state index in [2.05, 4.69) is 33.9 Å². The third-order valence-corrected chi connectivity index (χ3v) is 10.5. The molecule has 0 N–H and O–H groups in total. The summed E-state index contributed by atoms with van der Waals surface area (Å²) in [5.74, 6) is -0.530. The van der Waals surface area contributed by atoms with Gasteiger partial charge in [0, 0.05) is 19.4 Å². The number of Topliss-reactive ketones (excluding diaryl/α,β-unsaturated/α-hetero) is 1. The summed E-state index contributed by atoms with van der Waals surface area (Å²) in [7, 11) is -2.04. The lowest BCUT2D eigenvalue weighted by molar-refractivity contribution is -0.217. The maximum absolute atomic E-state index is 12.2. The van der Waals surface area contributed by atoms with Gasteiger partial charge in [-0.1, -0.05) is 20.8 Å². The number of hydrogen-bond acceptors (Lipinski definition) is 6.